The first kappa shape index (κ1) is 20.5. The van der Waals surface area contributed by atoms with Crippen molar-refractivity contribution >= 4 is 5.78 Å². The number of fused-ring (bicyclic) bond motifs is 2. The average molecular weight is 416 g/mol. The minimum absolute atomic E-state index is 0.124. The molecule has 0 fully saturated rings. The fraction of sp³-hybridized carbons (Fsp3) is 0.435. The lowest BCUT2D eigenvalue weighted by Gasteiger charge is -2.43. The van der Waals surface area contributed by atoms with Gasteiger partial charge in [-0.2, -0.15) is 0 Å². The third-order valence-corrected chi connectivity index (χ3v) is 6.01. The highest BCUT2D eigenvalue weighted by Crippen LogP contribution is 2.51. The molecule has 2 aliphatic heterocycles. The molecule has 0 aromatic heterocycles. The lowest BCUT2D eigenvalue weighted by molar-refractivity contribution is -0.922. The van der Waals surface area contributed by atoms with Crippen LogP contribution in [0.15, 0.2) is 24.3 Å². The summed E-state index contributed by atoms with van der Waals surface area (Å²) in [6, 6.07) is 6.23. The van der Waals surface area contributed by atoms with Crippen LogP contribution < -0.4 is 18.9 Å². The summed E-state index contributed by atoms with van der Waals surface area (Å²) in [5, 5.41) is 0. The monoisotopic (exact) mass is 416 g/mol. The Morgan fingerprint density at radius 1 is 1.27 bits per heavy atom. The molecule has 160 valence electrons. The third kappa shape index (κ3) is 3.47. The number of quaternary nitrogens is 1. The molecule has 0 amide bonds. The molecule has 7 heteroatoms. The minimum atomic E-state index is -0.526. The van der Waals surface area contributed by atoms with Crippen LogP contribution in [-0.4, -0.2) is 51.4 Å². The van der Waals surface area contributed by atoms with Gasteiger partial charge >= 0.3 is 0 Å². The molecular weight excluding hydrogens is 389 g/mol. The van der Waals surface area contributed by atoms with Crippen LogP contribution >= 0.6 is 0 Å². The molecule has 0 bridgehead atoms. The Hall–Kier alpha value is -2.80. The highest BCUT2D eigenvalue weighted by molar-refractivity contribution is 5.96. The second-order valence-corrected chi connectivity index (χ2v) is 8.19. The van der Waals surface area contributed by atoms with Crippen LogP contribution in [0.1, 0.15) is 40.9 Å². The van der Waals surface area contributed by atoms with Gasteiger partial charge in [0.25, 0.3) is 0 Å². The van der Waals surface area contributed by atoms with Crippen molar-refractivity contribution in [2.24, 2.45) is 0 Å². The standard InChI is InChI=1S/C23H27FNO5/c1-5-28-19-7-6-14(10-16(19)24)18(26)12-17-21-15(8-9-25(17,2)3)11-20-22(23(21)27-4)30-13-29-20/h6-7,10-11,17H,5,8-9,12-13H2,1-4H3/q+1. The summed E-state index contributed by atoms with van der Waals surface area (Å²) < 4.78 is 37.1. The van der Waals surface area contributed by atoms with Gasteiger partial charge in [-0.15, -0.1) is 0 Å². The van der Waals surface area contributed by atoms with Gasteiger partial charge in [0.1, 0.15) is 6.04 Å². The molecule has 0 spiro atoms. The SMILES string of the molecule is CCOc1ccc(C(=O)CC2c3c(cc4c(c3OC)OCO4)CC[N+]2(C)C)cc1F. The number of rotatable bonds is 6. The third-order valence-electron chi connectivity index (χ3n) is 6.01. The van der Waals surface area contributed by atoms with E-state index in [0.717, 1.165) is 24.1 Å². The Balaban J connectivity index is 1.71. The van der Waals surface area contributed by atoms with Crippen molar-refractivity contribution in [1.82, 2.24) is 0 Å². The number of hydrogen-bond acceptors (Lipinski definition) is 5. The number of carbonyl (C=O) groups excluding carboxylic acids is 1. The first-order valence-electron chi connectivity index (χ1n) is 10.1. The number of hydrogen-bond donors (Lipinski definition) is 0. The Morgan fingerprint density at radius 2 is 2.07 bits per heavy atom. The van der Waals surface area contributed by atoms with Gasteiger partial charge in [0.15, 0.2) is 28.8 Å². The van der Waals surface area contributed by atoms with Gasteiger partial charge in [0.05, 0.1) is 46.3 Å². The number of nitrogens with zero attached hydrogens (tertiary/aromatic N) is 1. The number of Topliss-reactive ketones (excluding diaryl/α,β-unsaturated/α-hetero) is 1. The van der Waals surface area contributed by atoms with Crippen molar-refractivity contribution in [1.29, 1.82) is 0 Å². The van der Waals surface area contributed by atoms with Crippen LogP contribution in [0, 0.1) is 5.82 Å². The van der Waals surface area contributed by atoms with Crippen LogP contribution in [0.25, 0.3) is 0 Å². The summed E-state index contributed by atoms with van der Waals surface area (Å²) in [6.07, 6.45) is 1.07. The number of benzene rings is 2. The highest BCUT2D eigenvalue weighted by atomic mass is 19.1. The summed E-state index contributed by atoms with van der Waals surface area (Å²) >= 11 is 0. The van der Waals surface area contributed by atoms with Crippen molar-refractivity contribution in [3.63, 3.8) is 0 Å². The molecule has 0 aliphatic carbocycles. The zero-order valence-corrected chi connectivity index (χ0v) is 17.8. The van der Waals surface area contributed by atoms with Gasteiger partial charge in [0.2, 0.25) is 12.5 Å². The fourth-order valence-corrected chi connectivity index (χ4v) is 4.36. The van der Waals surface area contributed by atoms with Crippen LogP contribution in [-0.2, 0) is 6.42 Å². The smallest absolute Gasteiger partial charge is 0.231 e. The molecule has 2 aliphatic rings. The molecule has 2 aromatic rings. The van der Waals surface area contributed by atoms with Crippen molar-refractivity contribution in [3.8, 4) is 23.0 Å². The molecule has 0 radical (unpaired) electrons. The number of likely N-dealkylation sites (N-methyl/N-ethyl adjacent to an activating group) is 1. The van der Waals surface area contributed by atoms with Crippen LogP contribution in [0.3, 0.4) is 0 Å². The number of carbonyl (C=O) groups is 1. The van der Waals surface area contributed by atoms with E-state index in [4.69, 9.17) is 18.9 Å². The Bertz CT molecular complexity index is 988. The van der Waals surface area contributed by atoms with Crippen molar-refractivity contribution in [2.45, 2.75) is 25.8 Å². The van der Waals surface area contributed by atoms with Crippen molar-refractivity contribution < 1.29 is 32.6 Å². The topological polar surface area (TPSA) is 54.0 Å². The van der Waals surface area contributed by atoms with Gasteiger partial charge in [-0.25, -0.2) is 4.39 Å². The molecule has 0 saturated carbocycles. The molecule has 1 atom stereocenters. The molecule has 6 nitrogen and oxygen atoms in total. The normalized spacial score (nSPS) is 18.6. The Kier molecular flexibility index (Phi) is 5.32. The maximum atomic E-state index is 14.3. The lowest BCUT2D eigenvalue weighted by atomic mass is 9.86. The summed E-state index contributed by atoms with van der Waals surface area (Å²) in [7, 11) is 5.81. The van der Waals surface area contributed by atoms with Crippen molar-refractivity contribution in [3.05, 3.63) is 46.8 Å². The maximum absolute atomic E-state index is 14.3. The molecule has 1 unspecified atom stereocenters. The maximum Gasteiger partial charge on any atom is 0.231 e. The Morgan fingerprint density at radius 3 is 2.77 bits per heavy atom. The molecule has 0 saturated heterocycles. The lowest BCUT2D eigenvalue weighted by Crippen LogP contribution is -2.48. The van der Waals surface area contributed by atoms with Crippen LogP contribution in [0.2, 0.25) is 0 Å². The van der Waals surface area contributed by atoms with Gasteiger partial charge in [-0.1, -0.05) is 0 Å². The van der Waals surface area contributed by atoms with E-state index in [1.54, 1.807) is 20.1 Å². The fourth-order valence-electron chi connectivity index (χ4n) is 4.36. The van der Waals surface area contributed by atoms with E-state index in [2.05, 4.69) is 14.1 Å². The van der Waals surface area contributed by atoms with E-state index >= 15 is 0 Å². The van der Waals surface area contributed by atoms with Gasteiger partial charge in [-0.05, 0) is 36.8 Å². The van der Waals surface area contributed by atoms with Gasteiger partial charge in [0, 0.05) is 12.0 Å². The van der Waals surface area contributed by atoms with Crippen molar-refractivity contribution in [2.75, 3.05) is 41.1 Å². The molecule has 30 heavy (non-hydrogen) atoms. The van der Waals surface area contributed by atoms with Gasteiger partial charge in [-0.3, -0.25) is 4.79 Å². The van der Waals surface area contributed by atoms with E-state index in [1.807, 2.05) is 6.07 Å². The molecule has 4 rings (SSSR count). The number of ketones is 1. The van der Waals surface area contributed by atoms with Crippen LogP contribution in [0.4, 0.5) is 4.39 Å². The minimum Gasteiger partial charge on any atom is -0.492 e. The van der Waals surface area contributed by atoms with E-state index < -0.39 is 5.82 Å². The molecule has 0 N–H and O–H groups in total. The predicted molar refractivity (Wildman–Crippen MR) is 109 cm³/mol. The zero-order valence-electron chi connectivity index (χ0n) is 17.8. The summed E-state index contributed by atoms with van der Waals surface area (Å²) in [5.74, 6) is 1.39. The average Bonchev–Trinajstić information content (AvgIpc) is 3.18. The molecule has 2 aromatic carbocycles. The molecule has 2 heterocycles. The van der Waals surface area contributed by atoms with Crippen LogP contribution in [0.5, 0.6) is 23.0 Å². The predicted octanol–water partition coefficient (Wildman–Crippen LogP) is 3.91. The van der Waals surface area contributed by atoms with Gasteiger partial charge < -0.3 is 23.4 Å². The second kappa shape index (κ2) is 7.80. The Labute approximate surface area is 175 Å². The first-order chi connectivity index (χ1) is 14.4. The first-order valence-corrected chi connectivity index (χ1v) is 10.1. The van der Waals surface area contributed by atoms with E-state index in [1.165, 1.54) is 12.1 Å². The number of ether oxygens (including phenoxy) is 4. The van der Waals surface area contributed by atoms with E-state index in [0.29, 0.717) is 33.9 Å². The summed E-state index contributed by atoms with van der Waals surface area (Å²) in [5.41, 5.74) is 2.41. The summed E-state index contributed by atoms with van der Waals surface area (Å²) in [6.45, 7) is 3.18. The molecular formula is C23H27FNO5+. The number of methoxy groups -OCH3 is 1. The highest BCUT2D eigenvalue weighted by Gasteiger charge is 2.42. The largest absolute Gasteiger partial charge is 0.492 e. The quantitative estimate of drug-likeness (QED) is 0.528. The zero-order chi connectivity index (χ0) is 21.5. The van der Waals surface area contributed by atoms with E-state index in [-0.39, 0.29) is 30.8 Å². The van der Waals surface area contributed by atoms with E-state index in [9.17, 15) is 9.18 Å². The number of halogens is 1. The summed E-state index contributed by atoms with van der Waals surface area (Å²) in [4.78, 5) is 13.2. The second-order valence-electron chi connectivity index (χ2n) is 8.19.